The van der Waals surface area contributed by atoms with Crippen LogP contribution < -0.4 is 10.1 Å². The molecule has 0 aliphatic carbocycles. The van der Waals surface area contributed by atoms with E-state index < -0.39 is 0 Å². The molecule has 0 atom stereocenters. The van der Waals surface area contributed by atoms with Gasteiger partial charge in [-0.2, -0.15) is 0 Å². The summed E-state index contributed by atoms with van der Waals surface area (Å²) in [7, 11) is 0. The maximum atomic E-state index is 12.1. The summed E-state index contributed by atoms with van der Waals surface area (Å²) in [5, 5.41) is 3.05. The number of ether oxygens (including phenoxy) is 1. The molecule has 2 aromatic carbocycles. The Morgan fingerprint density at radius 1 is 1.09 bits per heavy atom. The zero-order valence-electron chi connectivity index (χ0n) is 21.8. The van der Waals surface area contributed by atoms with Crippen LogP contribution in [0.2, 0.25) is 0 Å². The minimum absolute atomic E-state index is 0.0928. The van der Waals surface area contributed by atoms with E-state index in [1.54, 1.807) is 0 Å². The van der Waals surface area contributed by atoms with Gasteiger partial charge in [0.25, 0.3) is 0 Å². The first-order valence-corrected chi connectivity index (χ1v) is 12.6. The number of rotatable bonds is 11. The number of fused-ring (bicyclic) bond motifs is 1. The number of amides is 1. The molecule has 5 nitrogen and oxygen atoms in total. The molecule has 1 heterocycles. The van der Waals surface area contributed by atoms with E-state index in [2.05, 4.69) is 67.1 Å². The van der Waals surface area contributed by atoms with E-state index in [0.717, 1.165) is 49.3 Å². The van der Waals surface area contributed by atoms with Gasteiger partial charge in [0.2, 0.25) is 5.91 Å². The van der Waals surface area contributed by atoms with Crippen LogP contribution in [0.25, 0.3) is 11.0 Å². The van der Waals surface area contributed by atoms with Gasteiger partial charge >= 0.3 is 0 Å². The Balaban J connectivity index is 1.56. The van der Waals surface area contributed by atoms with E-state index in [0.29, 0.717) is 19.1 Å². The van der Waals surface area contributed by atoms with Gasteiger partial charge in [-0.05, 0) is 61.4 Å². The molecule has 0 saturated carbocycles. The number of carbonyl (C=O) groups excluding carboxylic acids is 1. The lowest BCUT2D eigenvalue weighted by Crippen LogP contribution is -2.35. The van der Waals surface area contributed by atoms with Gasteiger partial charge in [0.15, 0.2) is 0 Å². The van der Waals surface area contributed by atoms with Crippen LogP contribution in [0.1, 0.15) is 76.8 Å². The fourth-order valence-corrected chi connectivity index (χ4v) is 4.08. The lowest BCUT2D eigenvalue weighted by Gasteiger charge is -2.17. The predicted molar refractivity (Wildman–Crippen MR) is 141 cm³/mol. The zero-order chi connectivity index (χ0) is 24.7. The number of hydrogen-bond donors (Lipinski definition) is 1. The minimum atomic E-state index is -0.358. The Labute approximate surface area is 204 Å². The molecule has 1 amide bonds. The van der Waals surface area contributed by atoms with Gasteiger partial charge in [-0.1, -0.05) is 58.9 Å². The summed E-state index contributed by atoms with van der Waals surface area (Å²) in [5.41, 5.74) is 4.36. The molecule has 3 aromatic rings. The van der Waals surface area contributed by atoms with Crippen LogP contribution in [0.5, 0.6) is 5.75 Å². The van der Waals surface area contributed by atoms with E-state index in [1.165, 1.54) is 16.6 Å². The third-order valence-electron chi connectivity index (χ3n) is 6.10. The smallest absolute Gasteiger partial charge is 0.225 e. The topological polar surface area (TPSA) is 56.1 Å². The number of carbonyl (C=O) groups is 1. The van der Waals surface area contributed by atoms with Crippen LogP contribution in [-0.2, 0) is 17.8 Å². The van der Waals surface area contributed by atoms with Crippen molar-refractivity contribution in [1.29, 1.82) is 0 Å². The second-order valence-electron chi connectivity index (χ2n) is 10.5. The summed E-state index contributed by atoms with van der Waals surface area (Å²) in [5.74, 6) is 2.65. The first-order valence-electron chi connectivity index (χ1n) is 12.6. The summed E-state index contributed by atoms with van der Waals surface area (Å²) in [4.78, 5) is 17.0. The van der Waals surface area contributed by atoms with Crippen molar-refractivity contribution in [3.05, 3.63) is 59.4 Å². The summed E-state index contributed by atoms with van der Waals surface area (Å²) < 4.78 is 8.52. The highest BCUT2D eigenvalue weighted by Crippen LogP contribution is 2.27. The second-order valence-corrected chi connectivity index (χ2v) is 10.5. The van der Waals surface area contributed by atoms with Crippen molar-refractivity contribution in [3.63, 3.8) is 0 Å². The van der Waals surface area contributed by atoms with Crippen LogP contribution in [0.3, 0.4) is 0 Å². The van der Waals surface area contributed by atoms with Crippen molar-refractivity contribution in [1.82, 2.24) is 14.9 Å². The maximum absolute atomic E-state index is 12.1. The third-order valence-corrected chi connectivity index (χ3v) is 6.10. The number of nitrogens with one attached hydrogen (secondary N) is 1. The highest BCUT2D eigenvalue weighted by atomic mass is 16.5. The average Bonchev–Trinajstić information content (AvgIpc) is 3.13. The van der Waals surface area contributed by atoms with Crippen molar-refractivity contribution < 1.29 is 9.53 Å². The molecule has 0 aliphatic rings. The number of aryl methyl sites for hydroxylation is 3. The molecule has 34 heavy (non-hydrogen) atoms. The molecule has 0 saturated heterocycles. The van der Waals surface area contributed by atoms with Crippen molar-refractivity contribution >= 4 is 16.9 Å². The van der Waals surface area contributed by atoms with Gasteiger partial charge in [-0.3, -0.25) is 4.79 Å². The number of unbranched alkanes of at least 4 members (excludes halogenated alkanes) is 1. The first kappa shape index (κ1) is 25.8. The Morgan fingerprint density at radius 3 is 2.59 bits per heavy atom. The van der Waals surface area contributed by atoms with Gasteiger partial charge in [0.1, 0.15) is 11.6 Å². The molecule has 0 radical (unpaired) electrons. The maximum Gasteiger partial charge on any atom is 0.225 e. The fraction of sp³-hybridized carbons (Fsp3) is 0.517. The van der Waals surface area contributed by atoms with Gasteiger partial charge in [-0.25, -0.2) is 4.98 Å². The van der Waals surface area contributed by atoms with Crippen LogP contribution in [0, 0.1) is 12.3 Å². The van der Waals surface area contributed by atoms with Crippen molar-refractivity contribution in [2.75, 3.05) is 13.2 Å². The third kappa shape index (κ3) is 6.85. The predicted octanol–water partition coefficient (Wildman–Crippen LogP) is 6.42. The second kappa shape index (κ2) is 11.5. The zero-order valence-corrected chi connectivity index (χ0v) is 21.8. The quantitative estimate of drug-likeness (QED) is 0.334. The molecule has 3 rings (SSSR count). The number of benzene rings is 2. The molecule has 0 bridgehead atoms. The largest absolute Gasteiger partial charge is 0.493 e. The van der Waals surface area contributed by atoms with E-state index in [9.17, 15) is 4.79 Å². The molecule has 0 fully saturated rings. The number of imidazole rings is 1. The Bertz CT molecular complexity index is 1090. The molecule has 1 aromatic heterocycles. The summed E-state index contributed by atoms with van der Waals surface area (Å²) >= 11 is 0. The van der Waals surface area contributed by atoms with E-state index in [1.807, 2.05) is 26.8 Å². The van der Waals surface area contributed by atoms with E-state index in [-0.39, 0.29) is 11.3 Å². The van der Waals surface area contributed by atoms with Crippen molar-refractivity contribution in [2.24, 2.45) is 5.41 Å². The molecule has 1 N–H and O–H groups in total. The number of hydrogen-bond acceptors (Lipinski definition) is 3. The molecule has 0 aliphatic heterocycles. The van der Waals surface area contributed by atoms with Crippen LogP contribution >= 0.6 is 0 Å². The Kier molecular flexibility index (Phi) is 8.76. The standard InChI is InChI=1S/C29H41N3O2/c1-21(2)23-16-15-22(3)20-26(23)34-19-10-9-18-32-25-13-8-7-12-24(25)31-27(32)14-11-17-30-28(33)29(4,5)6/h7-8,12-13,15-16,20-21H,9-11,14,17-19H2,1-6H3,(H,30,33). The molecular formula is C29H41N3O2. The number of para-hydroxylation sites is 2. The molecule has 184 valence electrons. The lowest BCUT2D eigenvalue weighted by atomic mass is 9.96. The van der Waals surface area contributed by atoms with Gasteiger partial charge < -0.3 is 14.6 Å². The van der Waals surface area contributed by atoms with Gasteiger partial charge in [0.05, 0.1) is 17.6 Å². The summed E-state index contributed by atoms with van der Waals surface area (Å²) in [6.07, 6.45) is 3.73. The minimum Gasteiger partial charge on any atom is -0.493 e. The molecule has 0 spiro atoms. The number of aromatic nitrogens is 2. The Morgan fingerprint density at radius 2 is 1.85 bits per heavy atom. The molecular weight excluding hydrogens is 422 g/mol. The van der Waals surface area contributed by atoms with Crippen molar-refractivity contribution in [3.8, 4) is 5.75 Å². The van der Waals surface area contributed by atoms with Crippen LogP contribution in [0.4, 0.5) is 0 Å². The molecule has 5 heteroatoms. The van der Waals surface area contributed by atoms with Crippen molar-refractivity contribution in [2.45, 2.75) is 79.7 Å². The van der Waals surface area contributed by atoms with E-state index >= 15 is 0 Å². The van der Waals surface area contributed by atoms with Crippen LogP contribution in [-0.4, -0.2) is 28.6 Å². The SMILES string of the molecule is Cc1ccc(C(C)C)c(OCCCCn2c(CCCNC(=O)C(C)(C)C)nc3ccccc32)c1. The summed E-state index contributed by atoms with van der Waals surface area (Å²) in [6, 6.07) is 14.8. The fourth-order valence-electron chi connectivity index (χ4n) is 4.08. The average molecular weight is 464 g/mol. The monoisotopic (exact) mass is 463 g/mol. The molecule has 0 unspecified atom stereocenters. The lowest BCUT2D eigenvalue weighted by molar-refractivity contribution is -0.128. The number of nitrogens with zero attached hydrogens (tertiary/aromatic N) is 2. The van der Waals surface area contributed by atoms with E-state index in [4.69, 9.17) is 9.72 Å². The first-order chi connectivity index (χ1) is 16.2. The highest BCUT2D eigenvalue weighted by molar-refractivity contribution is 5.81. The van der Waals surface area contributed by atoms with Gasteiger partial charge in [0, 0.05) is 24.9 Å². The van der Waals surface area contributed by atoms with Gasteiger partial charge in [-0.15, -0.1) is 0 Å². The highest BCUT2D eigenvalue weighted by Gasteiger charge is 2.20. The van der Waals surface area contributed by atoms with Crippen LogP contribution in [0.15, 0.2) is 42.5 Å². The normalized spacial score (nSPS) is 11.9. The Hall–Kier alpha value is -2.82. The summed E-state index contributed by atoms with van der Waals surface area (Å²) in [6.45, 7) is 14.6.